The van der Waals surface area contributed by atoms with Crippen molar-refractivity contribution in [1.82, 2.24) is 4.98 Å². The lowest BCUT2D eigenvalue weighted by Gasteiger charge is -2.13. The third-order valence-electron chi connectivity index (χ3n) is 6.62. The molecule has 0 N–H and O–H groups in total. The summed E-state index contributed by atoms with van der Waals surface area (Å²) < 4.78 is 35.7. The van der Waals surface area contributed by atoms with Crippen LogP contribution in [0.25, 0.3) is 22.2 Å². The Morgan fingerprint density at radius 1 is 0.814 bits per heavy atom. The molecule has 1 aromatic heterocycles. The first-order valence-corrected chi connectivity index (χ1v) is 15.3. The summed E-state index contributed by atoms with van der Waals surface area (Å²) >= 11 is 18.8. The first-order valence-electron chi connectivity index (χ1n) is 12.8. The van der Waals surface area contributed by atoms with Crippen molar-refractivity contribution in [1.29, 1.82) is 0 Å². The minimum Gasteiger partial charge on any atom is -0.454 e. The number of hydrogen-bond donors (Lipinski definition) is 0. The molecule has 1 heterocycles. The zero-order valence-electron chi connectivity index (χ0n) is 22.7. The molecule has 43 heavy (non-hydrogen) atoms. The summed E-state index contributed by atoms with van der Waals surface area (Å²) in [5.41, 5.74) is 3.35. The first-order chi connectivity index (χ1) is 20.4. The van der Waals surface area contributed by atoms with Crippen LogP contribution in [-0.2, 0) is 14.9 Å². The number of ether oxygens (including phenoxy) is 1. The average molecular weight is 655 g/mol. The molecule has 0 saturated carbocycles. The quantitative estimate of drug-likeness (QED) is 0.0943. The van der Waals surface area contributed by atoms with E-state index in [0.717, 1.165) is 5.56 Å². The van der Waals surface area contributed by atoms with E-state index in [2.05, 4.69) is 0 Å². The standard InChI is InChI=1S/C32H22Cl3NO6S/c1-18-3-10-23(11-4-18)43(39,40)42-22-8-5-20(6-9-22)30(37)17-41-32(38)26-16-29(25-12-7-21(33)15-28(25)35)36-31-19(2)27(34)14-13-24(26)31/h3-16H,17H2,1-2H3. The number of ketones is 1. The van der Waals surface area contributed by atoms with E-state index < -0.39 is 28.5 Å². The smallest absolute Gasteiger partial charge is 0.339 e. The van der Waals surface area contributed by atoms with Crippen molar-refractivity contribution in [2.24, 2.45) is 0 Å². The lowest BCUT2D eigenvalue weighted by atomic mass is 10.0. The number of nitrogens with zero attached hydrogens (tertiary/aromatic N) is 1. The van der Waals surface area contributed by atoms with Gasteiger partial charge in [0.15, 0.2) is 12.4 Å². The van der Waals surface area contributed by atoms with E-state index in [4.69, 9.17) is 48.7 Å². The molecule has 0 aliphatic carbocycles. The van der Waals surface area contributed by atoms with E-state index in [9.17, 15) is 18.0 Å². The van der Waals surface area contributed by atoms with Crippen LogP contribution in [0.15, 0.2) is 89.8 Å². The van der Waals surface area contributed by atoms with Crippen molar-refractivity contribution >= 4 is 67.6 Å². The number of aryl methyl sites for hydroxylation is 2. The van der Waals surface area contributed by atoms with Gasteiger partial charge in [0.25, 0.3) is 0 Å². The van der Waals surface area contributed by atoms with E-state index in [0.29, 0.717) is 42.8 Å². The molecular formula is C32H22Cl3NO6S. The van der Waals surface area contributed by atoms with Crippen LogP contribution < -0.4 is 4.18 Å². The van der Waals surface area contributed by atoms with Crippen molar-refractivity contribution in [3.05, 3.63) is 122 Å². The number of pyridine rings is 1. The van der Waals surface area contributed by atoms with Gasteiger partial charge in [-0.05, 0) is 86.1 Å². The van der Waals surface area contributed by atoms with E-state index in [1.165, 1.54) is 42.5 Å². The van der Waals surface area contributed by atoms with Gasteiger partial charge < -0.3 is 8.92 Å². The number of fused-ring (bicyclic) bond motifs is 1. The summed E-state index contributed by atoms with van der Waals surface area (Å²) in [6.45, 7) is 3.06. The number of esters is 1. The summed E-state index contributed by atoms with van der Waals surface area (Å²) in [7, 11) is -4.05. The Morgan fingerprint density at radius 3 is 2.19 bits per heavy atom. The summed E-state index contributed by atoms with van der Waals surface area (Å²) in [5, 5.41) is 1.74. The monoisotopic (exact) mass is 653 g/mol. The Balaban J connectivity index is 1.35. The van der Waals surface area contributed by atoms with Gasteiger partial charge in [-0.15, -0.1) is 0 Å². The largest absolute Gasteiger partial charge is 0.454 e. The number of hydrogen-bond acceptors (Lipinski definition) is 7. The molecule has 0 fully saturated rings. The third kappa shape index (κ3) is 6.68. The fourth-order valence-corrected chi connectivity index (χ4v) is 5.86. The van der Waals surface area contributed by atoms with Crippen LogP contribution in [0.3, 0.4) is 0 Å². The molecule has 4 aromatic carbocycles. The highest BCUT2D eigenvalue weighted by Crippen LogP contribution is 2.34. The topological polar surface area (TPSA) is 99.6 Å². The zero-order chi connectivity index (χ0) is 30.9. The van der Waals surface area contributed by atoms with Crippen LogP contribution in [0.2, 0.25) is 15.1 Å². The van der Waals surface area contributed by atoms with Gasteiger partial charge in [-0.1, -0.05) is 58.6 Å². The van der Waals surface area contributed by atoms with Crippen molar-refractivity contribution in [3.63, 3.8) is 0 Å². The Labute approximate surface area is 263 Å². The predicted octanol–water partition coefficient (Wildman–Crippen LogP) is 8.29. The lowest BCUT2D eigenvalue weighted by Crippen LogP contribution is -2.15. The second kappa shape index (κ2) is 12.3. The maximum Gasteiger partial charge on any atom is 0.339 e. The number of Topliss-reactive ketones (excluding diaryl/α,β-unsaturated/α-hetero) is 1. The normalized spacial score (nSPS) is 11.4. The highest BCUT2D eigenvalue weighted by Gasteiger charge is 2.21. The molecule has 0 aliphatic heterocycles. The van der Waals surface area contributed by atoms with Crippen molar-refractivity contribution in [2.45, 2.75) is 18.7 Å². The molecule has 7 nitrogen and oxygen atoms in total. The summed E-state index contributed by atoms with van der Waals surface area (Å²) in [6.07, 6.45) is 0. The second-order valence-corrected chi connectivity index (χ2v) is 12.4. The fourth-order valence-electron chi connectivity index (χ4n) is 4.28. The molecule has 0 radical (unpaired) electrons. The Morgan fingerprint density at radius 2 is 1.51 bits per heavy atom. The molecule has 0 saturated heterocycles. The number of aromatic nitrogens is 1. The molecular weight excluding hydrogens is 633 g/mol. The predicted molar refractivity (Wildman–Crippen MR) is 167 cm³/mol. The lowest BCUT2D eigenvalue weighted by molar-refractivity contribution is 0.0476. The first kappa shape index (κ1) is 30.5. The van der Waals surface area contributed by atoms with E-state index >= 15 is 0 Å². The SMILES string of the molecule is Cc1ccc(S(=O)(=O)Oc2ccc(C(=O)COC(=O)c3cc(-c4ccc(Cl)cc4Cl)nc4c(C)c(Cl)ccc34)cc2)cc1. The van der Waals surface area contributed by atoms with Crippen molar-refractivity contribution < 1.29 is 26.9 Å². The van der Waals surface area contributed by atoms with E-state index in [-0.39, 0.29) is 21.8 Å². The highest BCUT2D eigenvalue weighted by molar-refractivity contribution is 7.87. The molecule has 0 unspecified atom stereocenters. The van der Waals surface area contributed by atoms with Gasteiger partial charge in [0.2, 0.25) is 0 Å². The fraction of sp³-hybridized carbons (Fsp3) is 0.0938. The highest BCUT2D eigenvalue weighted by atomic mass is 35.5. The van der Waals surface area contributed by atoms with Gasteiger partial charge >= 0.3 is 16.1 Å². The molecule has 218 valence electrons. The van der Waals surface area contributed by atoms with Crippen LogP contribution in [-0.4, -0.2) is 31.8 Å². The molecule has 0 amide bonds. The number of carbonyl (C=O) groups excluding carboxylic acids is 2. The third-order valence-corrected chi connectivity index (χ3v) is 8.84. The van der Waals surface area contributed by atoms with Crippen molar-refractivity contribution in [3.8, 4) is 17.0 Å². The maximum absolute atomic E-state index is 13.3. The van der Waals surface area contributed by atoms with Crippen LogP contribution in [0.5, 0.6) is 5.75 Å². The molecule has 0 atom stereocenters. The minimum atomic E-state index is -4.05. The molecule has 5 aromatic rings. The van der Waals surface area contributed by atoms with Gasteiger partial charge in [0.05, 0.1) is 21.8 Å². The van der Waals surface area contributed by atoms with Gasteiger partial charge in [0, 0.05) is 26.6 Å². The number of carbonyl (C=O) groups is 2. The van der Waals surface area contributed by atoms with Crippen LogP contribution in [0, 0.1) is 13.8 Å². The Kier molecular flexibility index (Phi) is 8.76. The minimum absolute atomic E-state index is 0.00718. The summed E-state index contributed by atoms with van der Waals surface area (Å²) in [5.74, 6) is -1.22. The van der Waals surface area contributed by atoms with Gasteiger partial charge in [0.1, 0.15) is 10.6 Å². The zero-order valence-corrected chi connectivity index (χ0v) is 25.8. The van der Waals surface area contributed by atoms with Crippen LogP contribution in [0.4, 0.5) is 0 Å². The average Bonchev–Trinajstić information content (AvgIpc) is 2.97. The Hall–Kier alpha value is -3.95. The second-order valence-electron chi connectivity index (χ2n) is 9.62. The van der Waals surface area contributed by atoms with Gasteiger partial charge in [-0.2, -0.15) is 8.42 Å². The summed E-state index contributed by atoms with van der Waals surface area (Å²) in [4.78, 5) is 30.9. The molecule has 0 bridgehead atoms. The molecule has 0 spiro atoms. The van der Waals surface area contributed by atoms with E-state index in [1.807, 2.05) is 6.92 Å². The van der Waals surface area contributed by atoms with Crippen LogP contribution in [0.1, 0.15) is 31.8 Å². The van der Waals surface area contributed by atoms with Gasteiger partial charge in [-0.25, -0.2) is 9.78 Å². The van der Waals surface area contributed by atoms with Crippen molar-refractivity contribution in [2.75, 3.05) is 6.61 Å². The Bertz CT molecular complexity index is 1990. The van der Waals surface area contributed by atoms with Crippen LogP contribution >= 0.6 is 34.8 Å². The molecule has 0 aliphatic rings. The number of rotatable bonds is 8. The summed E-state index contributed by atoms with van der Waals surface area (Å²) in [6, 6.07) is 21.5. The van der Waals surface area contributed by atoms with Gasteiger partial charge in [-0.3, -0.25) is 4.79 Å². The number of halogens is 3. The molecule has 5 rings (SSSR count). The van der Waals surface area contributed by atoms with E-state index in [1.54, 1.807) is 49.4 Å². The number of benzene rings is 4. The molecule has 11 heteroatoms. The maximum atomic E-state index is 13.3.